The molecule has 1 saturated heterocycles. The minimum atomic E-state index is -0.0851. The molecule has 1 aliphatic rings. The first-order valence-electron chi connectivity index (χ1n) is 8.55. The Morgan fingerprint density at radius 3 is 2.54 bits per heavy atom. The summed E-state index contributed by atoms with van der Waals surface area (Å²) in [7, 11) is 0. The zero-order valence-electron chi connectivity index (χ0n) is 14.3. The maximum absolute atomic E-state index is 12.0. The van der Waals surface area contributed by atoms with Gasteiger partial charge in [-0.1, -0.05) is 29.8 Å². The van der Waals surface area contributed by atoms with Gasteiger partial charge in [-0.3, -0.25) is 9.59 Å². The number of benzene rings is 1. The number of likely N-dealkylation sites (tertiary alicyclic amines) is 1. The van der Waals surface area contributed by atoms with Crippen molar-refractivity contribution in [2.24, 2.45) is 5.92 Å². The third-order valence-electron chi connectivity index (χ3n) is 4.55. The van der Waals surface area contributed by atoms with Gasteiger partial charge in [-0.05, 0) is 37.7 Å². The van der Waals surface area contributed by atoms with Gasteiger partial charge < -0.3 is 10.2 Å². The van der Waals surface area contributed by atoms with Crippen LogP contribution in [0, 0.1) is 24.2 Å². The van der Waals surface area contributed by atoms with E-state index in [4.69, 9.17) is 5.26 Å². The van der Waals surface area contributed by atoms with Crippen LogP contribution >= 0.6 is 0 Å². The number of aryl methyl sites for hydroxylation is 2. The van der Waals surface area contributed by atoms with E-state index in [9.17, 15) is 9.59 Å². The second-order valence-corrected chi connectivity index (χ2v) is 6.45. The monoisotopic (exact) mass is 327 g/mol. The van der Waals surface area contributed by atoms with Gasteiger partial charge in [0.1, 0.15) is 6.42 Å². The molecule has 0 saturated carbocycles. The van der Waals surface area contributed by atoms with Crippen molar-refractivity contribution < 1.29 is 9.59 Å². The highest BCUT2D eigenvalue weighted by Crippen LogP contribution is 2.17. The first-order valence-corrected chi connectivity index (χ1v) is 8.55. The lowest BCUT2D eigenvalue weighted by molar-refractivity contribution is -0.131. The number of nitrogens with one attached hydrogen (secondary N) is 1. The molecule has 2 rings (SSSR count). The molecule has 0 aliphatic carbocycles. The standard InChI is InChI=1S/C19H25N3O2/c1-15-2-4-16(5-3-15)6-7-18(23)21-14-17-9-12-22(13-10-17)19(24)8-11-20/h2-5,17H,6-10,12-14H2,1H3,(H,21,23). The SMILES string of the molecule is Cc1ccc(CCC(=O)NCC2CCN(C(=O)CC#N)CC2)cc1. The highest BCUT2D eigenvalue weighted by atomic mass is 16.2. The molecule has 0 atom stereocenters. The normalized spacial score (nSPS) is 14.9. The lowest BCUT2D eigenvalue weighted by Gasteiger charge is -2.31. The molecular formula is C19H25N3O2. The summed E-state index contributed by atoms with van der Waals surface area (Å²) >= 11 is 0. The summed E-state index contributed by atoms with van der Waals surface area (Å²) in [5, 5.41) is 11.6. The number of amides is 2. The van der Waals surface area contributed by atoms with Gasteiger partial charge in [-0.2, -0.15) is 5.26 Å². The average Bonchev–Trinajstić information content (AvgIpc) is 2.60. The summed E-state index contributed by atoms with van der Waals surface area (Å²) in [6.45, 7) is 4.09. The number of piperidine rings is 1. The molecular weight excluding hydrogens is 302 g/mol. The van der Waals surface area contributed by atoms with Gasteiger partial charge >= 0.3 is 0 Å². The zero-order valence-corrected chi connectivity index (χ0v) is 14.3. The number of hydrogen-bond donors (Lipinski definition) is 1. The minimum Gasteiger partial charge on any atom is -0.356 e. The van der Waals surface area contributed by atoms with Crippen molar-refractivity contribution in [3.8, 4) is 6.07 Å². The number of carbonyl (C=O) groups is 2. The molecule has 0 aromatic heterocycles. The molecule has 1 fully saturated rings. The number of nitriles is 1. The highest BCUT2D eigenvalue weighted by molar-refractivity contribution is 5.78. The van der Waals surface area contributed by atoms with Crippen LogP contribution in [0.25, 0.3) is 0 Å². The van der Waals surface area contributed by atoms with Crippen molar-refractivity contribution in [2.75, 3.05) is 19.6 Å². The average molecular weight is 327 g/mol. The van der Waals surface area contributed by atoms with E-state index >= 15 is 0 Å². The summed E-state index contributed by atoms with van der Waals surface area (Å²) in [5.41, 5.74) is 2.41. The molecule has 2 amide bonds. The Bertz CT molecular complexity index is 596. The Morgan fingerprint density at radius 1 is 1.25 bits per heavy atom. The number of nitrogens with zero attached hydrogens (tertiary/aromatic N) is 2. The molecule has 1 aromatic carbocycles. The summed E-state index contributed by atoms with van der Waals surface area (Å²) in [6, 6.07) is 10.2. The van der Waals surface area contributed by atoms with Gasteiger partial charge in [0.05, 0.1) is 6.07 Å². The summed E-state index contributed by atoms with van der Waals surface area (Å²) < 4.78 is 0. The van der Waals surface area contributed by atoms with E-state index in [1.807, 2.05) is 6.07 Å². The van der Waals surface area contributed by atoms with Gasteiger partial charge in [0.2, 0.25) is 11.8 Å². The summed E-state index contributed by atoms with van der Waals surface area (Å²) in [5.74, 6) is 0.413. The maximum atomic E-state index is 12.0. The Morgan fingerprint density at radius 2 is 1.92 bits per heavy atom. The van der Waals surface area contributed by atoms with Crippen LogP contribution < -0.4 is 5.32 Å². The van der Waals surface area contributed by atoms with E-state index in [0.29, 0.717) is 32.0 Å². The molecule has 5 nitrogen and oxygen atoms in total. The molecule has 0 radical (unpaired) electrons. The fourth-order valence-corrected chi connectivity index (χ4v) is 2.93. The third kappa shape index (κ3) is 5.69. The van der Waals surface area contributed by atoms with Gasteiger partial charge in [-0.15, -0.1) is 0 Å². The number of rotatable bonds is 6. The predicted octanol–water partition coefficient (Wildman–Crippen LogP) is 2.20. The molecule has 1 heterocycles. The van der Waals surface area contributed by atoms with Crippen molar-refractivity contribution in [2.45, 2.75) is 39.0 Å². The van der Waals surface area contributed by atoms with Crippen molar-refractivity contribution in [3.05, 3.63) is 35.4 Å². The fourth-order valence-electron chi connectivity index (χ4n) is 2.93. The van der Waals surface area contributed by atoms with Crippen LogP contribution in [0.1, 0.15) is 36.8 Å². The number of hydrogen-bond acceptors (Lipinski definition) is 3. The lowest BCUT2D eigenvalue weighted by atomic mass is 9.96. The minimum absolute atomic E-state index is 0.0413. The Labute approximate surface area is 143 Å². The molecule has 24 heavy (non-hydrogen) atoms. The van der Waals surface area contributed by atoms with E-state index in [0.717, 1.165) is 19.3 Å². The van der Waals surface area contributed by atoms with E-state index in [2.05, 4.69) is 36.5 Å². The maximum Gasteiger partial charge on any atom is 0.236 e. The Hall–Kier alpha value is -2.35. The lowest BCUT2D eigenvalue weighted by Crippen LogP contribution is -2.41. The van der Waals surface area contributed by atoms with Crippen molar-refractivity contribution in [1.82, 2.24) is 10.2 Å². The van der Waals surface area contributed by atoms with Gasteiger partial charge in [0.15, 0.2) is 0 Å². The third-order valence-corrected chi connectivity index (χ3v) is 4.55. The van der Waals surface area contributed by atoms with Crippen LogP contribution in [0.2, 0.25) is 0 Å². The smallest absolute Gasteiger partial charge is 0.236 e. The second-order valence-electron chi connectivity index (χ2n) is 6.45. The van der Waals surface area contributed by atoms with Crippen LogP contribution in [0.3, 0.4) is 0 Å². The molecule has 5 heteroatoms. The predicted molar refractivity (Wildman–Crippen MR) is 92.0 cm³/mol. The summed E-state index contributed by atoms with van der Waals surface area (Å²) in [4.78, 5) is 25.4. The van der Waals surface area contributed by atoms with Crippen molar-refractivity contribution in [1.29, 1.82) is 5.26 Å². The van der Waals surface area contributed by atoms with Gasteiger partial charge in [-0.25, -0.2) is 0 Å². The Balaban J connectivity index is 1.63. The molecule has 0 unspecified atom stereocenters. The van der Waals surface area contributed by atoms with Crippen LogP contribution in [0.15, 0.2) is 24.3 Å². The van der Waals surface area contributed by atoms with Crippen LogP contribution in [-0.4, -0.2) is 36.3 Å². The highest BCUT2D eigenvalue weighted by Gasteiger charge is 2.22. The largest absolute Gasteiger partial charge is 0.356 e. The van der Waals surface area contributed by atoms with Crippen molar-refractivity contribution in [3.63, 3.8) is 0 Å². The second kappa shape index (κ2) is 9.07. The van der Waals surface area contributed by atoms with Gasteiger partial charge in [0.25, 0.3) is 0 Å². The van der Waals surface area contributed by atoms with E-state index in [-0.39, 0.29) is 18.2 Å². The molecule has 0 spiro atoms. The topological polar surface area (TPSA) is 73.2 Å². The van der Waals surface area contributed by atoms with E-state index in [1.165, 1.54) is 11.1 Å². The van der Waals surface area contributed by atoms with Crippen LogP contribution in [0.5, 0.6) is 0 Å². The van der Waals surface area contributed by atoms with E-state index in [1.54, 1.807) is 4.90 Å². The van der Waals surface area contributed by atoms with Crippen LogP contribution in [0.4, 0.5) is 0 Å². The van der Waals surface area contributed by atoms with E-state index < -0.39 is 0 Å². The fraction of sp³-hybridized carbons (Fsp3) is 0.526. The summed E-state index contributed by atoms with van der Waals surface area (Å²) in [6.07, 6.45) is 2.99. The first kappa shape index (κ1) is 18.0. The molecule has 0 bridgehead atoms. The Kier molecular flexibility index (Phi) is 6.80. The first-order chi connectivity index (χ1) is 11.6. The van der Waals surface area contributed by atoms with Crippen LogP contribution in [-0.2, 0) is 16.0 Å². The molecule has 1 N–H and O–H groups in total. The zero-order chi connectivity index (χ0) is 17.4. The van der Waals surface area contributed by atoms with Crippen molar-refractivity contribution >= 4 is 11.8 Å². The quantitative estimate of drug-likeness (QED) is 0.870. The molecule has 1 aliphatic heterocycles. The number of carbonyl (C=O) groups excluding carboxylic acids is 2. The molecule has 128 valence electrons. The van der Waals surface area contributed by atoms with Gasteiger partial charge in [0, 0.05) is 26.1 Å². The molecule has 1 aromatic rings.